The minimum Gasteiger partial charge on any atom is -0.376 e. The van der Waals surface area contributed by atoms with Gasteiger partial charge in [-0.25, -0.2) is 0 Å². The van der Waals surface area contributed by atoms with Crippen LogP contribution >= 0.6 is 23.2 Å². The van der Waals surface area contributed by atoms with Crippen LogP contribution < -0.4 is 0 Å². The molecule has 1 amide bonds. The molecule has 0 saturated heterocycles. The molecule has 1 fully saturated rings. The highest BCUT2D eigenvalue weighted by Crippen LogP contribution is 2.40. The summed E-state index contributed by atoms with van der Waals surface area (Å²) < 4.78 is 46.4. The van der Waals surface area contributed by atoms with Gasteiger partial charge in [0.2, 0.25) is 5.91 Å². The van der Waals surface area contributed by atoms with Gasteiger partial charge in [0.15, 0.2) is 0 Å². The molecule has 0 bridgehead atoms. The van der Waals surface area contributed by atoms with Crippen LogP contribution in [0.4, 0.5) is 13.2 Å². The zero-order valence-electron chi connectivity index (χ0n) is 18.7. The van der Waals surface area contributed by atoms with Gasteiger partial charge in [0, 0.05) is 37.2 Å². The molecule has 0 heterocycles. The second-order valence-corrected chi connectivity index (χ2v) is 9.49. The largest absolute Gasteiger partial charge is 0.416 e. The Kier molecular flexibility index (Phi) is 8.70. The standard InChI is InChI=1S/C25H28Cl2F3NO2/c1-16(32)31(14-17-10-21(26)13-22(27)11-17)15-19-12-20(25(28,29)30)8-9-23(19)24(33-2)18-6-4-3-5-7-18/h8-13,18,24H,3-7,14-15H2,1-2H3. The maximum absolute atomic E-state index is 13.5. The molecular weight excluding hydrogens is 474 g/mol. The van der Waals surface area contributed by atoms with Crippen molar-refractivity contribution in [2.75, 3.05) is 7.11 Å². The van der Waals surface area contributed by atoms with E-state index in [2.05, 4.69) is 0 Å². The molecule has 3 nitrogen and oxygen atoms in total. The number of ether oxygens (including phenoxy) is 1. The van der Waals surface area contributed by atoms with Crippen LogP contribution in [0.5, 0.6) is 0 Å². The molecule has 0 aliphatic heterocycles. The summed E-state index contributed by atoms with van der Waals surface area (Å²) in [6.07, 6.45) is 0.449. The van der Waals surface area contributed by atoms with Crippen molar-refractivity contribution in [1.82, 2.24) is 4.90 Å². The zero-order chi connectivity index (χ0) is 24.2. The van der Waals surface area contributed by atoms with Gasteiger partial charge in [-0.1, -0.05) is 48.5 Å². The van der Waals surface area contributed by atoms with E-state index in [-0.39, 0.29) is 31.0 Å². The Hall–Kier alpha value is -1.76. The van der Waals surface area contributed by atoms with Gasteiger partial charge in [0.1, 0.15) is 0 Å². The third kappa shape index (κ3) is 6.87. The molecule has 1 unspecified atom stereocenters. The normalized spacial score (nSPS) is 16.0. The molecule has 1 saturated carbocycles. The molecular formula is C25H28Cl2F3NO2. The number of amides is 1. The van der Waals surface area contributed by atoms with E-state index in [4.69, 9.17) is 27.9 Å². The highest BCUT2D eigenvalue weighted by atomic mass is 35.5. The van der Waals surface area contributed by atoms with E-state index in [0.29, 0.717) is 26.7 Å². The first-order valence-corrected chi connectivity index (χ1v) is 11.8. The van der Waals surface area contributed by atoms with Crippen LogP contribution in [0.25, 0.3) is 0 Å². The van der Waals surface area contributed by atoms with Crippen molar-refractivity contribution >= 4 is 29.1 Å². The number of nitrogens with zero attached hydrogens (tertiary/aromatic N) is 1. The van der Waals surface area contributed by atoms with E-state index in [1.165, 1.54) is 17.9 Å². The fourth-order valence-corrected chi connectivity index (χ4v) is 5.18. The highest BCUT2D eigenvalue weighted by molar-refractivity contribution is 6.34. The van der Waals surface area contributed by atoms with Gasteiger partial charge in [-0.15, -0.1) is 0 Å². The Bertz CT molecular complexity index is 954. The Morgan fingerprint density at radius 2 is 1.70 bits per heavy atom. The van der Waals surface area contributed by atoms with Crippen LogP contribution in [-0.4, -0.2) is 17.9 Å². The predicted molar refractivity (Wildman–Crippen MR) is 124 cm³/mol. The monoisotopic (exact) mass is 501 g/mol. The summed E-state index contributed by atoms with van der Waals surface area (Å²) in [5.74, 6) is -0.0298. The average molecular weight is 502 g/mol. The SMILES string of the molecule is COC(c1ccc(C(F)(F)F)cc1CN(Cc1cc(Cl)cc(Cl)c1)C(C)=O)C1CCCCC1. The average Bonchev–Trinajstić information content (AvgIpc) is 2.74. The highest BCUT2D eigenvalue weighted by Gasteiger charge is 2.33. The van der Waals surface area contributed by atoms with Gasteiger partial charge in [0.05, 0.1) is 11.7 Å². The zero-order valence-corrected chi connectivity index (χ0v) is 20.2. The Morgan fingerprint density at radius 3 is 2.24 bits per heavy atom. The minimum absolute atomic E-state index is 0.0191. The molecule has 2 aromatic carbocycles. The van der Waals surface area contributed by atoms with Crippen molar-refractivity contribution in [3.05, 3.63) is 68.7 Å². The van der Waals surface area contributed by atoms with E-state index >= 15 is 0 Å². The Balaban J connectivity index is 1.98. The van der Waals surface area contributed by atoms with Crippen molar-refractivity contribution < 1.29 is 22.7 Å². The number of methoxy groups -OCH3 is 1. The summed E-state index contributed by atoms with van der Waals surface area (Å²) in [4.78, 5) is 14.0. The number of benzene rings is 2. The van der Waals surface area contributed by atoms with Gasteiger partial charge in [-0.2, -0.15) is 13.2 Å². The topological polar surface area (TPSA) is 29.5 Å². The van der Waals surface area contributed by atoms with Crippen LogP contribution in [-0.2, 0) is 28.8 Å². The first-order chi connectivity index (χ1) is 15.6. The smallest absolute Gasteiger partial charge is 0.376 e. The molecule has 1 aliphatic rings. The van der Waals surface area contributed by atoms with Gasteiger partial charge < -0.3 is 9.64 Å². The van der Waals surface area contributed by atoms with Crippen molar-refractivity contribution in [3.8, 4) is 0 Å². The van der Waals surface area contributed by atoms with Crippen LogP contribution in [0.2, 0.25) is 10.0 Å². The Morgan fingerprint density at radius 1 is 1.06 bits per heavy atom. The van der Waals surface area contributed by atoms with Gasteiger partial charge in [0.25, 0.3) is 0 Å². The van der Waals surface area contributed by atoms with Crippen LogP contribution in [0, 0.1) is 5.92 Å². The van der Waals surface area contributed by atoms with Gasteiger partial charge in [-0.3, -0.25) is 4.79 Å². The molecule has 33 heavy (non-hydrogen) atoms. The lowest BCUT2D eigenvalue weighted by atomic mass is 9.81. The quantitative estimate of drug-likeness (QED) is 0.386. The fourth-order valence-electron chi connectivity index (χ4n) is 4.61. The molecule has 8 heteroatoms. The molecule has 1 aliphatic carbocycles. The van der Waals surface area contributed by atoms with E-state index < -0.39 is 11.7 Å². The molecule has 0 N–H and O–H groups in total. The summed E-state index contributed by atoms with van der Waals surface area (Å²) in [6.45, 7) is 1.59. The number of alkyl halides is 3. The summed E-state index contributed by atoms with van der Waals surface area (Å²) in [7, 11) is 1.59. The van der Waals surface area contributed by atoms with Crippen LogP contribution in [0.1, 0.15) is 67.4 Å². The molecule has 0 radical (unpaired) electrons. The maximum Gasteiger partial charge on any atom is 0.416 e. The lowest BCUT2D eigenvalue weighted by Crippen LogP contribution is -2.29. The maximum atomic E-state index is 13.5. The number of carbonyl (C=O) groups is 1. The predicted octanol–water partition coefficient (Wildman–Crippen LogP) is 7.83. The van der Waals surface area contributed by atoms with Crippen LogP contribution in [0.3, 0.4) is 0 Å². The van der Waals surface area contributed by atoms with Crippen molar-refractivity contribution in [2.45, 2.75) is 64.4 Å². The number of hydrogen-bond acceptors (Lipinski definition) is 2. The molecule has 0 aromatic heterocycles. The van der Waals surface area contributed by atoms with Crippen molar-refractivity contribution in [1.29, 1.82) is 0 Å². The Labute approximate surface area is 202 Å². The fraction of sp³-hybridized carbons (Fsp3) is 0.480. The van der Waals surface area contributed by atoms with Gasteiger partial charge in [-0.05, 0) is 65.8 Å². The third-order valence-electron chi connectivity index (χ3n) is 6.21. The van der Waals surface area contributed by atoms with Crippen molar-refractivity contribution in [3.63, 3.8) is 0 Å². The molecule has 1 atom stereocenters. The number of hydrogen-bond donors (Lipinski definition) is 0. The number of rotatable bonds is 7. The summed E-state index contributed by atoms with van der Waals surface area (Å²) >= 11 is 12.2. The van der Waals surface area contributed by atoms with E-state index in [1.807, 2.05) is 0 Å². The third-order valence-corrected chi connectivity index (χ3v) is 6.65. The van der Waals surface area contributed by atoms with E-state index in [1.54, 1.807) is 25.3 Å². The van der Waals surface area contributed by atoms with Gasteiger partial charge >= 0.3 is 6.18 Å². The molecule has 3 rings (SSSR count). The lowest BCUT2D eigenvalue weighted by molar-refractivity contribution is -0.137. The van der Waals surface area contributed by atoms with E-state index in [0.717, 1.165) is 44.2 Å². The summed E-state index contributed by atoms with van der Waals surface area (Å²) in [5, 5.41) is 0.856. The lowest BCUT2D eigenvalue weighted by Gasteiger charge is -2.32. The second-order valence-electron chi connectivity index (χ2n) is 8.62. The van der Waals surface area contributed by atoms with Crippen molar-refractivity contribution in [2.24, 2.45) is 5.92 Å². The summed E-state index contributed by atoms with van der Waals surface area (Å²) in [5.41, 5.74) is 1.10. The first-order valence-electron chi connectivity index (χ1n) is 11.0. The number of halogens is 5. The molecule has 0 spiro atoms. The number of carbonyl (C=O) groups excluding carboxylic acids is 1. The minimum atomic E-state index is -4.48. The molecule has 2 aromatic rings. The van der Waals surface area contributed by atoms with E-state index in [9.17, 15) is 18.0 Å². The van der Waals surface area contributed by atoms with Crippen LogP contribution in [0.15, 0.2) is 36.4 Å². The summed E-state index contributed by atoms with van der Waals surface area (Å²) in [6, 6.07) is 8.72. The first kappa shape index (κ1) is 25.9. The second kappa shape index (κ2) is 11.1. The molecule has 180 valence electrons.